The highest BCUT2D eigenvalue weighted by atomic mass is 35.5. The summed E-state index contributed by atoms with van der Waals surface area (Å²) in [6.07, 6.45) is 1.39. The van der Waals surface area contributed by atoms with Crippen molar-refractivity contribution in [3.63, 3.8) is 0 Å². The van der Waals surface area contributed by atoms with E-state index >= 15 is 0 Å². The lowest BCUT2D eigenvalue weighted by Crippen LogP contribution is -2.45. The molecule has 0 saturated heterocycles. The maximum atomic E-state index is 12.6. The fourth-order valence-electron chi connectivity index (χ4n) is 3.23. The average Bonchev–Trinajstić information content (AvgIpc) is 2.80. The molecule has 0 aliphatic carbocycles. The second-order valence-electron chi connectivity index (χ2n) is 7.05. The van der Waals surface area contributed by atoms with Crippen molar-refractivity contribution in [2.45, 2.75) is 19.9 Å². The van der Waals surface area contributed by atoms with Gasteiger partial charge in [-0.05, 0) is 38.2 Å². The molecular formula is C23H22Cl2N4O4S. The molecule has 3 N–H and O–H groups in total. The molecule has 34 heavy (non-hydrogen) atoms. The van der Waals surface area contributed by atoms with E-state index in [2.05, 4.69) is 21.2 Å². The zero-order chi connectivity index (χ0) is 24.7. The van der Waals surface area contributed by atoms with E-state index in [9.17, 15) is 9.59 Å². The van der Waals surface area contributed by atoms with Crippen LogP contribution in [0.15, 0.2) is 58.8 Å². The van der Waals surface area contributed by atoms with Crippen molar-refractivity contribution >= 4 is 58.6 Å². The number of carbonyl (C=O) groups excluding carboxylic acids is 2. The van der Waals surface area contributed by atoms with Gasteiger partial charge < -0.3 is 20.1 Å². The largest absolute Gasteiger partial charge is 0.483 e. The number of esters is 1. The molecule has 0 unspecified atom stereocenters. The van der Waals surface area contributed by atoms with Gasteiger partial charge in [-0.25, -0.2) is 10.2 Å². The van der Waals surface area contributed by atoms with Crippen molar-refractivity contribution in [3.8, 4) is 5.75 Å². The minimum absolute atomic E-state index is 0.228. The Morgan fingerprint density at radius 3 is 2.74 bits per heavy atom. The van der Waals surface area contributed by atoms with Crippen molar-refractivity contribution < 1.29 is 19.1 Å². The first-order valence-corrected chi connectivity index (χ1v) is 11.4. The maximum Gasteiger partial charge on any atom is 0.338 e. The molecule has 2 aromatic rings. The molecule has 1 heterocycles. The Bertz CT molecular complexity index is 1170. The fourth-order valence-corrected chi connectivity index (χ4v) is 3.85. The number of halogens is 2. The molecule has 11 heteroatoms. The second kappa shape index (κ2) is 11.8. The van der Waals surface area contributed by atoms with E-state index < -0.39 is 17.9 Å². The molecule has 0 radical (unpaired) electrons. The summed E-state index contributed by atoms with van der Waals surface area (Å²) in [6, 6.07) is 11.5. The van der Waals surface area contributed by atoms with Crippen molar-refractivity contribution in [1.29, 1.82) is 0 Å². The van der Waals surface area contributed by atoms with E-state index in [1.54, 1.807) is 56.3 Å². The molecule has 0 spiro atoms. The molecule has 0 fully saturated rings. The molecule has 1 amide bonds. The van der Waals surface area contributed by atoms with Gasteiger partial charge in [0.25, 0.3) is 5.91 Å². The van der Waals surface area contributed by atoms with Crippen LogP contribution in [0, 0.1) is 0 Å². The Morgan fingerprint density at radius 2 is 1.97 bits per heavy atom. The number of para-hydroxylation sites is 1. The molecule has 178 valence electrons. The first-order chi connectivity index (χ1) is 16.3. The van der Waals surface area contributed by atoms with E-state index in [0.29, 0.717) is 43.3 Å². The second-order valence-corrected chi connectivity index (χ2v) is 8.25. The molecule has 8 nitrogen and oxygen atoms in total. The Kier molecular flexibility index (Phi) is 8.86. The molecule has 0 bridgehead atoms. The Labute approximate surface area is 212 Å². The van der Waals surface area contributed by atoms with Crippen LogP contribution < -0.4 is 20.8 Å². The highest BCUT2D eigenvalue weighted by molar-refractivity contribution is 7.80. The van der Waals surface area contributed by atoms with E-state index in [0.717, 1.165) is 0 Å². The van der Waals surface area contributed by atoms with Crippen LogP contribution in [0.25, 0.3) is 0 Å². The van der Waals surface area contributed by atoms with Gasteiger partial charge >= 0.3 is 5.97 Å². The maximum absolute atomic E-state index is 12.6. The fraction of sp³-hybridized carbons (Fsp3) is 0.217. The number of rotatable bonds is 8. The van der Waals surface area contributed by atoms with Crippen LogP contribution in [0.2, 0.25) is 10.0 Å². The monoisotopic (exact) mass is 520 g/mol. The van der Waals surface area contributed by atoms with Crippen molar-refractivity contribution in [2.24, 2.45) is 5.10 Å². The van der Waals surface area contributed by atoms with Crippen molar-refractivity contribution in [1.82, 2.24) is 16.1 Å². The lowest BCUT2D eigenvalue weighted by Gasteiger charge is -2.30. The molecule has 1 aliphatic heterocycles. The third-order valence-corrected chi connectivity index (χ3v) is 5.78. The Balaban J connectivity index is 1.72. The molecule has 0 aromatic heterocycles. The van der Waals surface area contributed by atoms with Gasteiger partial charge in [-0.2, -0.15) is 5.10 Å². The van der Waals surface area contributed by atoms with Gasteiger partial charge in [-0.1, -0.05) is 53.5 Å². The highest BCUT2D eigenvalue weighted by Crippen LogP contribution is 2.33. The zero-order valence-corrected chi connectivity index (χ0v) is 20.7. The molecule has 2 aromatic carbocycles. The Morgan fingerprint density at radius 1 is 1.21 bits per heavy atom. The number of hydrogen-bond donors (Lipinski definition) is 3. The number of thiocarbonyl (C=S) groups is 1. The normalized spacial score (nSPS) is 15.5. The lowest BCUT2D eigenvalue weighted by molar-refractivity contribution is -0.139. The predicted octanol–water partition coefficient (Wildman–Crippen LogP) is 3.88. The number of hydrogen-bond acceptors (Lipinski definition) is 6. The third-order valence-electron chi connectivity index (χ3n) is 4.73. The quantitative estimate of drug-likeness (QED) is 0.210. The summed E-state index contributed by atoms with van der Waals surface area (Å²) >= 11 is 17.3. The topological polar surface area (TPSA) is 101 Å². The van der Waals surface area contributed by atoms with Crippen LogP contribution in [-0.2, 0) is 14.3 Å². The van der Waals surface area contributed by atoms with Crippen LogP contribution in [0.3, 0.4) is 0 Å². The number of carbonyl (C=O) groups is 2. The van der Waals surface area contributed by atoms with Crippen LogP contribution in [-0.4, -0.2) is 36.4 Å². The SMILES string of the molecule is CCOC(=O)C1=C(C)NC(=S)N[C@H]1c1ccccc1OCC(=O)NN=Cc1cccc(Cl)c1Cl. The summed E-state index contributed by atoms with van der Waals surface area (Å²) in [7, 11) is 0. The van der Waals surface area contributed by atoms with Gasteiger partial charge in [0.1, 0.15) is 5.75 Å². The number of nitrogens with zero attached hydrogens (tertiary/aromatic N) is 1. The standard InChI is InChI=1S/C23H22Cl2N4O4S/c1-3-32-22(31)19-13(2)27-23(34)28-21(19)15-8-4-5-10-17(15)33-12-18(30)29-26-11-14-7-6-9-16(24)20(14)25/h4-11,21H,3,12H2,1-2H3,(H,29,30)(H2,27,28,34)/t21-/m0/s1. The average molecular weight is 521 g/mol. The molecule has 3 rings (SSSR count). The summed E-state index contributed by atoms with van der Waals surface area (Å²) in [5, 5.41) is 11.0. The summed E-state index contributed by atoms with van der Waals surface area (Å²) < 4.78 is 11.0. The number of ether oxygens (including phenoxy) is 2. The summed E-state index contributed by atoms with van der Waals surface area (Å²) in [6.45, 7) is 3.39. The van der Waals surface area contributed by atoms with Gasteiger partial charge in [-0.15, -0.1) is 0 Å². The molecule has 1 atom stereocenters. The number of nitrogens with one attached hydrogen (secondary N) is 3. The minimum Gasteiger partial charge on any atom is -0.483 e. The summed E-state index contributed by atoms with van der Waals surface area (Å²) in [5.41, 5.74) is 4.51. The first-order valence-electron chi connectivity index (χ1n) is 10.2. The minimum atomic E-state index is -0.616. The van der Waals surface area contributed by atoms with Gasteiger partial charge in [0.2, 0.25) is 0 Å². The number of allylic oxidation sites excluding steroid dienone is 1. The van der Waals surface area contributed by atoms with E-state index in [1.165, 1.54) is 6.21 Å². The summed E-state index contributed by atoms with van der Waals surface area (Å²) in [4.78, 5) is 24.9. The smallest absolute Gasteiger partial charge is 0.338 e. The van der Waals surface area contributed by atoms with Crippen molar-refractivity contribution in [3.05, 3.63) is 74.9 Å². The van der Waals surface area contributed by atoms with E-state index in [-0.39, 0.29) is 13.2 Å². The number of benzene rings is 2. The predicted molar refractivity (Wildman–Crippen MR) is 135 cm³/mol. The molecule has 1 aliphatic rings. The van der Waals surface area contributed by atoms with Gasteiger partial charge in [0.15, 0.2) is 11.7 Å². The van der Waals surface area contributed by atoms with Crippen LogP contribution in [0.1, 0.15) is 31.0 Å². The van der Waals surface area contributed by atoms with Crippen LogP contribution in [0.5, 0.6) is 5.75 Å². The number of hydrazone groups is 1. The zero-order valence-electron chi connectivity index (χ0n) is 18.4. The van der Waals surface area contributed by atoms with Crippen LogP contribution in [0.4, 0.5) is 0 Å². The summed E-state index contributed by atoms with van der Waals surface area (Å²) in [5.74, 6) is -0.569. The first kappa shape index (κ1) is 25.5. The molecular weight excluding hydrogens is 499 g/mol. The highest BCUT2D eigenvalue weighted by Gasteiger charge is 2.32. The van der Waals surface area contributed by atoms with E-state index in [4.69, 9.17) is 44.9 Å². The Hall–Kier alpha value is -3.14. The van der Waals surface area contributed by atoms with Crippen LogP contribution >= 0.6 is 35.4 Å². The van der Waals surface area contributed by atoms with E-state index in [1.807, 2.05) is 0 Å². The number of amides is 1. The van der Waals surface area contributed by atoms with Gasteiger partial charge in [0.05, 0.1) is 34.5 Å². The molecule has 0 saturated carbocycles. The van der Waals surface area contributed by atoms with Gasteiger partial charge in [-0.3, -0.25) is 4.79 Å². The van der Waals surface area contributed by atoms with Crippen molar-refractivity contribution in [2.75, 3.05) is 13.2 Å². The van der Waals surface area contributed by atoms with Gasteiger partial charge in [0, 0.05) is 16.8 Å². The third kappa shape index (κ3) is 6.25. The lowest BCUT2D eigenvalue weighted by atomic mass is 9.95.